The van der Waals surface area contributed by atoms with Crippen molar-refractivity contribution in [1.29, 1.82) is 0 Å². The smallest absolute Gasteiger partial charge is 0.0358 e. The SMILES string of the molecule is CCc1cccc(C(Cc2ccsc2)NC)c1. The molecule has 0 bridgehead atoms. The van der Waals surface area contributed by atoms with E-state index in [1.807, 2.05) is 7.05 Å². The Labute approximate surface area is 108 Å². The third-order valence-corrected chi connectivity index (χ3v) is 3.86. The Hall–Kier alpha value is -1.12. The molecule has 1 aromatic heterocycles. The van der Waals surface area contributed by atoms with Crippen LogP contribution in [0.15, 0.2) is 41.1 Å². The second kappa shape index (κ2) is 5.99. The van der Waals surface area contributed by atoms with Gasteiger partial charge in [0.05, 0.1) is 0 Å². The highest BCUT2D eigenvalue weighted by Gasteiger charge is 2.10. The van der Waals surface area contributed by atoms with Gasteiger partial charge in [-0.05, 0) is 53.4 Å². The van der Waals surface area contributed by atoms with E-state index in [-0.39, 0.29) is 0 Å². The zero-order valence-electron chi connectivity index (χ0n) is 10.4. The first-order valence-electron chi connectivity index (χ1n) is 6.10. The summed E-state index contributed by atoms with van der Waals surface area (Å²) < 4.78 is 0. The summed E-state index contributed by atoms with van der Waals surface area (Å²) in [7, 11) is 2.04. The summed E-state index contributed by atoms with van der Waals surface area (Å²) in [6, 6.07) is 11.5. The van der Waals surface area contributed by atoms with Gasteiger partial charge in [-0.25, -0.2) is 0 Å². The highest BCUT2D eigenvalue weighted by Crippen LogP contribution is 2.20. The molecular formula is C15H19NS. The lowest BCUT2D eigenvalue weighted by molar-refractivity contribution is 0.592. The fourth-order valence-electron chi connectivity index (χ4n) is 2.06. The van der Waals surface area contributed by atoms with Gasteiger partial charge in [0, 0.05) is 6.04 Å². The van der Waals surface area contributed by atoms with Gasteiger partial charge in [0.25, 0.3) is 0 Å². The highest BCUT2D eigenvalue weighted by molar-refractivity contribution is 7.07. The summed E-state index contributed by atoms with van der Waals surface area (Å²) in [5.74, 6) is 0. The van der Waals surface area contributed by atoms with E-state index < -0.39 is 0 Å². The van der Waals surface area contributed by atoms with Gasteiger partial charge in [-0.2, -0.15) is 11.3 Å². The first-order chi connectivity index (χ1) is 8.33. The van der Waals surface area contributed by atoms with E-state index in [4.69, 9.17) is 0 Å². The molecule has 90 valence electrons. The molecule has 0 saturated heterocycles. The van der Waals surface area contributed by atoms with Crippen molar-refractivity contribution < 1.29 is 0 Å². The summed E-state index contributed by atoms with van der Waals surface area (Å²) in [4.78, 5) is 0. The first-order valence-corrected chi connectivity index (χ1v) is 7.05. The maximum Gasteiger partial charge on any atom is 0.0358 e. The Morgan fingerprint density at radius 2 is 2.12 bits per heavy atom. The van der Waals surface area contributed by atoms with Crippen molar-refractivity contribution in [1.82, 2.24) is 5.32 Å². The zero-order chi connectivity index (χ0) is 12.1. The molecule has 1 nitrogen and oxygen atoms in total. The van der Waals surface area contributed by atoms with Crippen LogP contribution in [0.2, 0.25) is 0 Å². The number of aryl methyl sites for hydroxylation is 1. The van der Waals surface area contributed by atoms with E-state index in [2.05, 4.69) is 53.3 Å². The molecule has 1 heterocycles. The molecule has 0 aliphatic rings. The third-order valence-electron chi connectivity index (χ3n) is 3.13. The molecule has 0 amide bonds. The Morgan fingerprint density at radius 1 is 1.24 bits per heavy atom. The van der Waals surface area contributed by atoms with Crippen LogP contribution < -0.4 is 5.32 Å². The van der Waals surface area contributed by atoms with Gasteiger partial charge >= 0.3 is 0 Å². The molecule has 17 heavy (non-hydrogen) atoms. The van der Waals surface area contributed by atoms with Gasteiger partial charge in [0.15, 0.2) is 0 Å². The number of rotatable bonds is 5. The van der Waals surface area contributed by atoms with E-state index in [1.54, 1.807) is 11.3 Å². The Balaban J connectivity index is 2.16. The summed E-state index contributed by atoms with van der Waals surface area (Å²) in [5, 5.41) is 7.79. The lowest BCUT2D eigenvalue weighted by Crippen LogP contribution is -2.18. The van der Waals surface area contributed by atoms with E-state index in [1.165, 1.54) is 16.7 Å². The number of benzene rings is 1. The van der Waals surface area contributed by atoms with Crippen molar-refractivity contribution in [3.63, 3.8) is 0 Å². The molecule has 0 fully saturated rings. The second-order valence-electron chi connectivity index (χ2n) is 4.28. The standard InChI is InChI=1S/C15H19NS/c1-3-12-5-4-6-14(9-12)15(16-2)10-13-7-8-17-11-13/h4-9,11,15-16H,3,10H2,1-2H3. The first kappa shape index (κ1) is 12.3. The quantitative estimate of drug-likeness (QED) is 0.844. The van der Waals surface area contributed by atoms with Crippen molar-refractivity contribution in [3.8, 4) is 0 Å². The summed E-state index contributed by atoms with van der Waals surface area (Å²) in [6.07, 6.45) is 2.16. The number of hydrogen-bond donors (Lipinski definition) is 1. The fourth-order valence-corrected chi connectivity index (χ4v) is 2.74. The third kappa shape index (κ3) is 3.18. The predicted octanol–water partition coefficient (Wildman–Crippen LogP) is 3.81. The van der Waals surface area contributed by atoms with Crippen LogP contribution in [0.3, 0.4) is 0 Å². The summed E-state index contributed by atoms with van der Waals surface area (Å²) >= 11 is 1.77. The van der Waals surface area contributed by atoms with Crippen molar-refractivity contribution >= 4 is 11.3 Å². The molecular weight excluding hydrogens is 226 g/mol. The van der Waals surface area contributed by atoms with Crippen LogP contribution in [-0.4, -0.2) is 7.05 Å². The summed E-state index contributed by atoms with van der Waals surface area (Å²) in [6.45, 7) is 2.20. The van der Waals surface area contributed by atoms with Gasteiger partial charge < -0.3 is 5.32 Å². The lowest BCUT2D eigenvalue weighted by atomic mass is 9.98. The highest BCUT2D eigenvalue weighted by atomic mass is 32.1. The minimum Gasteiger partial charge on any atom is -0.313 e. The minimum atomic E-state index is 0.413. The normalized spacial score (nSPS) is 12.6. The van der Waals surface area contributed by atoms with Gasteiger partial charge in [-0.15, -0.1) is 0 Å². The Morgan fingerprint density at radius 3 is 2.76 bits per heavy atom. The molecule has 1 atom stereocenters. The molecule has 0 saturated carbocycles. The van der Waals surface area contributed by atoms with Crippen molar-refractivity contribution in [2.75, 3.05) is 7.05 Å². The summed E-state index contributed by atoms with van der Waals surface area (Å²) in [5.41, 5.74) is 4.21. The number of thiophene rings is 1. The average molecular weight is 245 g/mol. The minimum absolute atomic E-state index is 0.413. The molecule has 2 aromatic rings. The van der Waals surface area contributed by atoms with Crippen LogP contribution in [0.25, 0.3) is 0 Å². The molecule has 2 rings (SSSR count). The number of nitrogens with one attached hydrogen (secondary N) is 1. The predicted molar refractivity (Wildman–Crippen MR) is 75.6 cm³/mol. The maximum absolute atomic E-state index is 3.41. The molecule has 1 N–H and O–H groups in total. The average Bonchev–Trinajstić information content (AvgIpc) is 2.89. The zero-order valence-corrected chi connectivity index (χ0v) is 11.3. The van der Waals surface area contributed by atoms with Crippen molar-refractivity contribution in [3.05, 3.63) is 57.8 Å². The van der Waals surface area contributed by atoms with Crippen LogP contribution in [-0.2, 0) is 12.8 Å². The molecule has 0 spiro atoms. The van der Waals surface area contributed by atoms with Crippen LogP contribution in [0.4, 0.5) is 0 Å². The van der Waals surface area contributed by atoms with Crippen molar-refractivity contribution in [2.24, 2.45) is 0 Å². The topological polar surface area (TPSA) is 12.0 Å². The molecule has 1 unspecified atom stereocenters. The van der Waals surface area contributed by atoms with Gasteiger partial charge in [0.2, 0.25) is 0 Å². The number of hydrogen-bond acceptors (Lipinski definition) is 2. The van der Waals surface area contributed by atoms with Crippen molar-refractivity contribution in [2.45, 2.75) is 25.8 Å². The van der Waals surface area contributed by atoms with Crippen LogP contribution in [0.1, 0.15) is 29.7 Å². The lowest BCUT2D eigenvalue weighted by Gasteiger charge is -2.16. The fraction of sp³-hybridized carbons (Fsp3) is 0.333. The van der Waals surface area contributed by atoms with Gasteiger partial charge in [0.1, 0.15) is 0 Å². The molecule has 0 radical (unpaired) electrons. The monoisotopic (exact) mass is 245 g/mol. The molecule has 1 aromatic carbocycles. The Bertz CT molecular complexity index is 448. The van der Waals surface area contributed by atoms with E-state index in [0.717, 1.165) is 12.8 Å². The van der Waals surface area contributed by atoms with Crippen LogP contribution >= 0.6 is 11.3 Å². The van der Waals surface area contributed by atoms with Gasteiger partial charge in [-0.3, -0.25) is 0 Å². The Kier molecular flexibility index (Phi) is 4.35. The van der Waals surface area contributed by atoms with E-state index in [0.29, 0.717) is 6.04 Å². The largest absolute Gasteiger partial charge is 0.313 e. The maximum atomic E-state index is 3.41. The van der Waals surface area contributed by atoms with E-state index >= 15 is 0 Å². The molecule has 0 aliphatic heterocycles. The van der Waals surface area contributed by atoms with Crippen LogP contribution in [0.5, 0.6) is 0 Å². The van der Waals surface area contributed by atoms with Gasteiger partial charge in [-0.1, -0.05) is 31.2 Å². The number of likely N-dealkylation sites (N-methyl/N-ethyl adjacent to an activating group) is 1. The van der Waals surface area contributed by atoms with Crippen LogP contribution in [0, 0.1) is 0 Å². The second-order valence-corrected chi connectivity index (χ2v) is 5.06. The van der Waals surface area contributed by atoms with E-state index in [9.17, 15) is 0 Å². The molecule has 0 aliphatic carbocycles. The molecule has 2 heteroatoms.